The van der Waals surface area contributed by atoms with Gasteiger partial charge in [-0.05, 0) is 44.5 Å². The van der Waals surface area contributed by atoms with E-state index in [-0.39, 0.29) is 11.1 Å². The van der Waals surface area contributed by atoms with E-state index in [0.717, 1.165) is 12.1 Å². The van der Waals surface area contributed by atoms with Crippen LogP contribution in [0.15, 0.2) is 53.5 Å². The van der Waals surface area contributed by atoms with Gasteiger partial charge in [0.2, 0.25) is 0 Å². The lowest BCUT2D eigenvalue weighted by Crippen LogP contribution is -2.17. The van der Waals surface area contributed by atoms with Crippen molar-refractivity contribution in [2.75, 3.05) is 12.4 Å². The largest absolute Gasteiger partial charge is 0.496 e. The molecule has 198 valence electrons. The molecule has 0 aliphatic heterocycles. The van der Waals surface area contributed by atoms with Gasteiger partial charge >= 0.3 is 6.18 Å². The molecule has 0 spiro atoms. The fraction of sp³-hybridized carbons (Fsp3) is 0.269. The molecule has 0 fully saturated rings. The number of hydrogen-bond acceptors (Lipinski definition) is 7. The number of anilines is 1. The summed E-state index contributed by atoms with van der Waals surface area (Å²) < 4.78 is 47.4. The van der Waals surface area contributed by atoms with Crippen molar-refractivity contribution in [3.8, 4) is 16.9 Å². The quantitative estimate of drug-likeness (QED) is 0.235. The van der Waals surface area contributed by atoms with Gasteiger partial charge in [0.15, 0.2) is 0 Å². The first-order chi connectivity index (χ1) is 17.9. The third-order valence-electron chi connectivity index (χ3n) is 6.10. The third kappa shape index (κ3) is 5.29. The second kappa shape index (κ2) is 10.1. The maximum absolute atomic E-state index is 13.4. The van der Waals surface area contributed by atoms with Crippen LogP contribution in [-0.4, -0.2) is 26.6 Å². The molecule has 12 heteroatoms. The molecule has 0 radical (unpaired) electrons. The maximum Gasteiger partial charge on any atom is 0.416 e. The number of pyridine rings is 1. The molecule has 1 N–H and O–H groups in total. The number of alkyl halides is 3. The molecule has 0 unspecified atom stereocenters. The van der Waals surface area contributed by atoms with Crippen LogP contribution < -0.4 is 15.6 Å². The van der Waals surface area contributed by atoms with E-state index in [2.05, 4.69) is 15.3 Å². The summed E-state index contributed by atoms with van der Waals surface area (Å²) in [6.07, 6.45) is -3.04. The van der Waals surface area contributed by atoms with Crippen LogP contribution in [0.5, 0.6) is 5.75 Å². The van der Waals surface area contributed by atoms with Gasteiger partial charge in [-0.2, -0.15) is 13.2 Å². The number of nitrogens with zero attached hydrogens (tertiary/aromatic N) is 4. The lowest BCUT2D eigenvalue weighted by Gasteiger charge is -2.19. The van der Waals surface area contributed by atoms with E-state index in [1.165, 1.54) is 13.2 Å². The standard InChI is InChI=1S/C26H24F3N5O4/c1-5-33-13-16(6-7-24(33)35)20-11-21-22(12-23(20)38-4)31-15(3)32-25(21)30-14(2)17-8-18(26(27,28)29)10-19(9-17)34(36)37/h6-14H,5H2,1-4H3,(H,30,31,32)/t14-/m1/s1. The van der Waals surface area contributed by atoms with E-state index in [9.17, 15) is 28.1 Å². The summed E-state index contributed by atoms with van der Waals surface area (Å²) >= 11 is 0. The predicted molar refractivity (Wildman–Crippen MR) is 136 cm³/mol. The van der Waals surface area contributed by atoms with E-state index in [1.54, 1.807) is 42.8 Å². The van der Waals surface area contributed by atoms with Gasteiger partial charge in [0.1, 0.15) is 17.4 Å². The van der Waals surface area contributed by atoms with E-state index < -0.39 is 28.4 Å². The summed E-state index contributed by atoms with van der Waals surface area (Å²) in [5.74, 6) is 1.23. The van der Waals surface area contributed by atoms with Crippen LogP contribution in [0.2, 0.25) is 0 Å². The zero-order chi connectivity index (χ0) is 27.8. The molecule has 0 aliphatic rings. The van der Waals surface area contributed by atoms with Gasteiger partial charge in [0, 0.05) is 53.5 Å². The molecule has 38 heavy (non-hydrogen) atoms. The second-order valence-electron chi connectivity index (χ2n) is 8.67. The van der Waals surface area contributed by atoms with Crippen molar-refractivity contribution >= 4 is 22.4 Å². The molecule has 0 aliphatic carbocycles. The van der Waals surface area contributed by atoms with Gasteiger partial charge in [0.25, 0.3) is 11.2 Å². The molecule has 0 bridgehead atoms. The predicted octanol–water partition coefficient (Wildman–Crippen LogP) is 5.90. The van der Waals surface area contributed by atoms with Crippen LogP contribution >= 0.6 is 0 Å². The van der Waals surface area contributed by atoms with Crippen LogP contribution in [0.1, 0.15) is 36.8 Å². The first-order valence-electron chi connectivity index (χ1n) is 11.6. The molecule has 9 nitrogen and oxygen atoms in total. The van der Waals surface area contributed by atoms with Crippen LogP contribution in [-0.2, 0) is 12.7 Å². The molecule has 4 aromatic rings. The van der Waals surface area contributed by atoms with Gasteiger partial charge < -0.3 is 14.6 Å². The highest BCUT2D eigenvalue weighted by molar-refractivity contribution is 5.95. The van der Waals surface area contributed by atoms with Gasteiger partial charge in [-0.1, -0.05) is 0 Å². The Hall–Kier alpha value is -4.48. The van der Waals surface area contributed by atoms with Crippen molar-refractivity contribution in [2.45, 2.75) is 39.5 Å². The number of non-ortho nitro benzene ring substituents is 1. The molecular formula is C26H24F3N5O4. The Balaban J connectivity index is 1.84. The number of nitro groups is 1. The van der Waals surface area contributed by atoms with Gasteiger partial charge in [-0.25, -0.2) is 9.97 Å². The van der Waals surface area contributed by atoms with E-state index in [1.807, 2.05) is 6.92 Å². The molecular weight excluding hydrogens is 503 g/mol. The number of fused-ring (bicyclic) bond motifs is 1. The minimum absolute atomic E-state index is 0.0692. The summed E-state index contributed by atoms with van der Waals surface area (Å²) in [4.78, 5) is 31.5. The second-order valence-corrected chi connectivity index (χ2v) is 8.67. The molecule has 0 amide bonds. The number of halogens is 3. The number of hydrogen-bond donors (Lipinski definition) is 1. The number of aryl methyl sites for hydroxylation is 2. The highest BCUT2D eigenvalue weighted by Crippen LogP contribution is 2.38. The maximum atomic E-state index is 13.4. The first kappa shape index (κ1) is 26.6. The first-order valence-corrected chi connectivity index (χ1v) is 11.6. The number of aromatic nitrogens is 3. The van der Waals surface area contributed by atoms with E-state index in [4.69, 9.17) is 4.74 Å². The molecule has 2 heterocycles. The molecule has 2 aromatic heterocycles. The minimum Gasteiger partial charge on any atom is -0.496 e. The minimum atomic E-state index is -4.75. The number of methoxy groups -OCH3 is 1. The smallest absolute Gasteiger partial charge is 0.416 e. The normalized spacial score (nSPS) is 12.4. The van der Waals surface area contributed by atoms with Crippen molar-refractivity contribution in [3.05, 3.63) is 86.1 Å². The SMILES string of the molecule is CCn1cc(-c2cc3c(N[C@H](C)c4cc([N+](=O)[O-])cc(C(F)(F)F)c4)nc(C)nc3cc2OC)ccc1=O. The lowest BCUT2D eigenvalue weighted by atomic mass is 10.0. The van der Waals surface area contributed by atoms with Gasteiger partial charge in [0.05, 0.1) is 29.2 Å². The summed E-state index contributed by atoms with van der Waals surface area (Å²) in [6, 6.07) is 8.33. The Labute approximate surface area is 215 Å². The Kier molecular flexibility index (Phi) is 7.07. The number of ether oxygens (including phenoxy) is 1. The fourth-order valence-corrected chi connectivity index (χ4v) is 4.16. The zero-order valence-electron chi connectivity index (χ0n) is 21.0. The third-order valence-corrected chi connectivity index (χ3v) is 6.10. The summed E-state index contributed by atoms with van der Waals surface area (Å²) in [7, 11) is 1.51. The van der Waals surface area contributed by atoms with Crippen LogP contribution in [0.3, 0.4) is 0 Å². The Morgan fingerprint density at radius 1 is 1.16 bits per heavy atom. The Bertz CT molecular complexity index is 1600. The average molecular weight is 528 g/mol. The Morgan fingerprint density at radius 3 is 2.53 bits per heavy atom. The van der Waals surface area contributed by atoms with Gasteiger partial charge in [-0.3, -0.25) is 14.9 Å². The molecule has 1 atom stereocenters. The Morgan fingerprint density at radius 2 is 1.89 bits per heavy atom. The lowest BCUT2D eigenvalue weighted by molar-refractivity contribution is -0.385. The van der Waals surface area contributed by atoms with Crippen LogP contribution in [0.25, 0.3) is 22.0 Å². The van der Waals surface area contributed by atoms with Crippen molar-refractivity contribution in [1.29, 1.82) is 0 Å². The van der Waals surface area contributed by atoms with Crippen molar-refractivity contribution in [3.63, 3.8) is 0 Å². The highest BCUT2D eigenvalue weighted by Gasteiger charge is 2.33. The molecule has 0 saturated heterocycles. The summed E-state index contributed by atoms with van der Waals surface area (Å²) in [6.45, 7) is 5.57. The summed E-state index contributed by atoms with van der Waals surface area (Å²) in [5.41, 5.74) is 0.0217. The van der Waals surface area contributed by atoms with Crippen molar-refractivity contribution < 1.29 is 22.8 Å². The van der Waals surface area contributed by atoms with Crippen molar-refractivity contribution in [1.82, 2.24) is 14.5 Å². The topological polar surface area (TPSA) is 112 Å². The number of rotatable bonds is 7. The van der Waals surface area contributed by atoms with Crippen molar-refractivity contribution in [2.24, 2.45) is 0 Å². The van der Waals surface area contributed by atoms with Crippen LogP contribution in [0, 0.1) is 17.0 Å². The summed E-state index contributed by atoms with van der Waals surface area (Å²) in [5, 5.41) is 14.9. The zero-order valence-corrected chi connectivity index (χ0v) is 21.0. The van der Waals surface area contributed by atoms with E-state index >= 15 is 0 Å². The molecule has 0 saturated carbocycles. The fourth-order valence-electron chi connectivity index (χ4n) is 4.16. The van der Waals surface area contributed by atoms with Gasteiger partial charge in [-0.15, -0.1) is 0 Å². The molecule has 2 aromatic carbocycles. The number of benzene rings is 2. The monoisotopic (exact) mass is 527 g/mol. The van der Waals surface area contributed by atoms with Crippen LogP contribution in [0.4, 0.5) is 24.7 Å². The molecule has 4 rings (SSSR count). The average Bonchev–Trinajstić information content (AvgIpc) is 2.87. The number of nitrogens with one attached hydrogen (secondary N) is 1. The van der Waals surface area contributed by atoms with E-state index in [0.29, 0.717) is 52.0 Å². The highest BCUT2D eigenvalue weighted by atomic mass is 19.4. The number of nitro benzene ring substituents is 1.